The first-order valence-corrected chi connectivity index (χ1v) is 10.1. The number of carbonyl (C=O) groups is 1. The molecule has 3 aromatic carbocycles. The van der Waals surface area contributed by atoms with Gasteiger partial charge in [-0.25, -0.2) is 4.79 Å². The van der Waals surface area contributed by atoms with E-state index in [1.165, 1.54) is 0 Å². The fourth-order valence-electron chi connectivity index (χ4n) is 3.55. The summed E-state index contributed by atoms with van der Waals surface area (Å²) in [6.45, 7) is 2.72. The van der Waals surface area contributed by atoms with E-state index in [2.05, 4.69) is 0 Å². The molecule has 0 heterocycles. The van der Waals surface area contributed by atoms with E-state index in [1.807, 2.05) is 61.5 Å². The van der Waals surface area contributed by atoms with Crippen LogP contribution >= 0.6 is 11.6 Å². The van der Waals surface area contributed by atoms with Crippen LogP contribution in [0.15, 0.2) is 54.6 Å². The summed E-state index contributed by atoms with van der Waals surface area (Å²) in [7, 11) is 1.61. The van der Waals surface area contributed by atoms with Gasteiger partial charge in [0.05, 0.1) is 6.61 Å². The molecule has 0 fully saturated rings. The number of unbranched alkanes of at least 4 members (excludes halogenated alkanes) is 1. The summed E-state index contributed by atoms with van der Waals surface area (Å²) < 4.78 is 11.3. The molecule has 1 N–H and O–H groups in total. The van der Waals surface area contributed by atoms with Crippen LogP contribution in [0.5, 0.6) is 0 Å². The lowest BCUT2D eigenvalue weighted by Crippen LogP contribution is -2.19. The number of aliphatic carboxylic acids is 1. The Kier molecular flexibility index (Phi) is 7.26. The van der Waals surface area contributed by atoms with Gasteiger partial charge in [-0.1, -0.05) is 61.3 Å². The average Bonchev–Trinajstić information content (AvgIpc) is 2.71. The van der Waals surface area contributed by atoms with E-state index < -0.39 is 12.1 Å². The number of halogens is 1. The Morgan fingerprint density at radius 3 is 2.52 bits per heavy atom. The highest BCUT2D eigenvalue weighted by molar-refractivity contribution is 6.30. The van der Waals surface area contributed by atoms with E-state index in [0.29, 0.717) is 23.8 Å². The normalized spacial score (nSPS) is 12.2. The van der Waals surface area contributed by atoms with Crippen LogP contribution in [0, 0.1) is 0 Å². The predicted molar refractivity (Wildman–Crippen MR) is 116 cm³/mol. The summed E-state index contributed by atoms with van der Waals surface area (Å²) in [6.07, 6.45) is 0.647. The Labute approximate surface area is 176 Å². The molecule has 0 spiro atoms. The van der Waals surface area contributed by atoms with Gasteiger partial charge < -0.3 is 14.6 Å². The number of hydrogen-bond donors (Lipinski definition) is 1. The van der Waals surface area contributed by atoms with Gasteiger partial charge in [-0.05, 0) is 52.1 Å². The van der Waals surface area contributed by atoms with Gasteiger partial charge in [-0.15, -0.1) is 0 Å². The summed E-state index contributed by atoms with van der Waals surface area (Å²) in [5.74, 6) is -1.01. The van der Waals surface area contributed by atoms with Crippen LogP contribution < -0.4 is 0 Å². The first-order valence-electron chi connectivity index (χ1n) is 9.70. The summed E-state index contributed by atoms with van der Waals surface area (Å²) in [6, 6.07) is 17.4. The molecule has 0 aromatic heterocycles. The van der Waals surface area contributed by atoms with Crippen molar-refractivity contribution in [2.75, 3.05) is 13.7 Å². The fourth-order valence-corrected chi connectivity index (χ4v) is 3.67. The predicted octanol–water partition coefficient (Wildman–Crippen LogP) is 6.25. The number of carboxylic acids is 1. The van der Waals surface area contributed by atoms with E-state index in [9.17, 15) is 9.90 Å². The van der Waals surface area contributed by atoms with Gasteiger partial charge in [0, 0.05) is 24.3 Å². The minimum atomic E-state index is -1.08. The summed E-state index contributed by atoms with van der Waals surface area (Å²) >= 11 is 6.10. The molecule has 0 saturated heterocycles. The molecule has 0 bridgehead atoms. The largest absolute Gasteiger partial charge is 0.479 e. The quantitative estimate of drug-likeness (QED) is 0.422. The lowest BCUT2D eigenvalue weighted by molar-refractivity contribution is -0.151. The third-order valence-electron chi connectivity index (χ3n) is 4.88. The highest BCUT2D eigenvalue weighted by atomic mass is 35.5. The van der Waals surface area contributed by atoms with Crippen LogP contribution in [0.2, 0.25) is 5.02 Å². The highest BCUT2D eigenvalue weighted by Crippen LogP contribution is 2.40. The molecule has 4 nitrogen and oxygen atoms in total. The van der Waals surface area contributed by atoms with Gasteiger partial charge in [-0.3, -0.25) is 0 Å². The molecule has 0 saturated carbocycles. The summed E-state index contributed by atoms with van der Waals surface area (Å²) in [4.78, 5) is 12.2. The maximum Gasteiger partial charge on any atom is 0.337 e. The van der Waals surface area contributed by atoms with Gasteiger partial charge in [0.15, 0.2) is 6.10 Å². The number of fused-ring (bicyclic) bond motifs is 1. The minimum absolute atomic E-state index is 0.293. The number of hydrogen-bond acceptors (Lipinski definition) is 3. The second kappa shape index (κ2) is 9.88. The molecular formula is C24H25ClO4. The number of ether oxygens (including phenoxy) is 2. The van der Waals surface area contributed by atoms with Crippen LogP contribution in [-0.4, -0.2) is 24.8 Å². The molecule has 3 aromatic rings. The monoisotopic (exact) mass is 412 g/mol. The second-order valence-electron chi connectivity index (χ2n) is 6.93. The first-order chi connectivity index (χ1) is 14.1. The van der Waals surface area contributed by atoms with Gasteiger partial charge in [0.2, 0.25) is 0 Å². The zero-order valence-electron chi connectivity index (χ0n) is 16.7. The van der Waals surface area contributed by atoms with E-state index >= 15 is 0 Å². The molecule has 0 radical (unpaired) electrons. The van der Waals surface area contributed by atoms with Gasteiger partial charge in [0.1, 0.15) is 0 Å². The molecule has 152 valence electrons. The molecule has 5 heteroatoms. The molecule has 3 rings (SSSR count). The Bertz CT molecular complexity index is 982. The van der Waals surface area contributed by atoms with Crippen LogP contribution in [0.4, 0.5) is 0 Å². The standard InChI is InChI=1S/C24H25ClO4/c1-3-4-13-29-23(24(26)27)22-18(15-28-2)14-17-7-5-6-8-20(17)21(22)16-9-11-19(25)12-10-16/h5-12,14,23H,3-4,13,15H2,1-2H3,(H,26,27). The topological polar surface area (TPSA) is 55.8 Å². The van der Waals surface area contributed by atoms with Gasteiger partial charge in [0.25, 0.3) is 0 Å². The molecule has 1 atom stereocenters. The summed E-state index contributed by atoms with van der Waals surface area (Å²) in [5.41, 5.74) is 3.18. The Balaban J connectivity index is 2.31. The lowest BCUT2D eigenvalue weighted by Gasteiger charge is -2.23. The smallest absolute Gasteiger partial charge is 0.337 e. The van der Waals surface area contributed by atoms with Crippen LogP contribution in [-0.2, 0) is 20.9 Å². The third-order valence-corrected chi connectivity index (χ3v) is 5.13. The second-order valence-corrected chi connectivity index (χ2v) is 7.36. The molecular weight excluding hydrogens is 388 g/mol. The van der Waals surface area contributed by atoms with Crippen LogP contribution in [0.1, 0.15) is 37.0 Å². The van der Waals surface area contributed by atoms with E-state index in [0.717, 1.165) is 40.3 Å². The third kappa shape index (κ3) is 4.78. The maximum atomic E-state index is 12.2. The van der Waals surface area contributed by atoms with Crippen molar-refractivity contribution >= 4 is 28.3 Å². The number of rotatable bonds is 9. The van der Waals surface area contributed by atoms with Crippen molar-refractivity contribution in [3.63, 3.8) is 0 Å². The molecule has 1 unspecified atom stereocenters. The minimum Gasteiger partial charge on any atom is -0.479 e. The molecule has 0 aliphatic heterocycles. The van der Waals surface area contributed by atoms with E-state index in [-0.39, 0.29) is 0 Å². The fraction of sp³-hybridized carbons (Fsp3) is 0.292. The SMILES string of the molecule is CCCCOC(C(=O)O)c1c(COC)cc2ccccc2c1-c1ccc(Cl)cc1. The van der Waals surface area contributed by atoms with E-state index in [4.69, 9.17) is 21.1 Å². The zero-order chi connectivity index (χ0) is 20.8. The highest BCUT2D eigenvalue weighted by Gasteiger charge is 2.28. The average molecular weight is 413 g/mol. The Hall–Kier alpha value is -2.40. The van der Waals surface area contributed by atoms with Gasteiger partial charge in [-0.2, -0.15) is 0 Å². The van der Waals surface area contributed by atoms with Crippen LogP contribution in [0.3, 0.4) is 0 Å². The van der Waals surface area contributed by atoms with Crippen molar-refractivity contribution in [3.05, 3.63) is 70.7 Å². The van der Waals surface area contributed by atoms with Crippen molar-refractivity contribution in [2.45, 2.75) is 32.5 Å². The Morgan fingerprint density at radius 2 is 1.86 bits per heavy atom. The zero-order valence-corrected chi connectivity index (χ0v) is 17.4. The van der Waals surface area contributed by atoms with Crippen molar-refractivity contribution < 1.29 is 19.4 Å². The molecule has 0 amide bonds. The summed E-state index contributed by atoms with van der Waals surface area (Å²) in [5, 5.41) is 12.6. The van der Waals surface area contributed by atoms with Gasteiger partial charge >= 0.3 is 5.97 Å². The number of benzene rings is 3. The van der Waals surface area contributed by atoms with Crippen molar-refractivity contribution in [2.24, 2.45) is 0 Å². The molecule has 29 heavy (non-hydrogen) atoms. The first kappa shape index (κ1) is 21.3. The lowest BCUT2D eigenvalue weighted by atomic mass is 9.87. The van der Waals surface area contributed by atoms with Crippen molar-refractivity contribution in [1.29, 1.82) is 0 Å². The number of methoxy groups -OCH3 is 1. The Morgan fingerprint density at radius 1 is 1.14 bits per heavy atom. The number of carboxylic acid groups (broad SMARTS) is 1. The molecule has 0 aliphatic rings. The van der Waals surface area contributed by atoms with Crippen molar-refractivity contribution in [3.8, 4) is 11.1 Å². The molecule has 0 aliphatic carbocycles. The van der Waals surface area contributed by atoms with E-state index in [1.54, 1.807) is 7.11 Å². The van der Waals surface area contributed by atoms with Crippen LogP contribution in [0.25, 0.3) is 21.9 Å². The van der Waals surface area contributed by atoms with Crippen molar-refractivity contribution in [1.82, 2.24) is 0 Å². The maximum absolute atomic E-state index is 12.2.